The lowest BCUT2D eigenvalue weighted by Crippen LogP contribution is -2.19. The van der Waals surface area contributed by atoms with Crippen molar-refractivity contribution in [2.75, 3.05) is 6.61 Å². The van der Waals surface area contributed by atoms with Crippen LogP contribution < -0.4 is 9.47 Å². The third kappa shape index (κ3) is 4.42. The zero-order valence-corrected chi connectivity index (χ0v) is 21.3. The molecule has 0 atom stereocenters. The number of ether oxygens (including phenoxy) is 2. The fourth-order valence-corrected chi connectivity index (χ4v) is 6.12. The van der Waals surface area contributed by atoms with E-state index in [1.807, 2.05) is 66.3 Å². The number of aromatic nitrogens is 2. The average Bonchev–Trinajstić information content (AvgIpc) is 3.61. The molecular formula is C30H30N2O3S. The fourth-order valence-electron chi connectivity index (χ4n) is 5.27. The number of benzene rings is 2. The Morgan fingerprint density at radius 2 is 1.75 bits per heavy atom. The van der Waals surface area contributed by atoms with Crippen molar-refractivity contribution >= 4 is 38.2 Å². The summed E-state index contributed by atoms with van der Waals surface area (Å²) in [5.74, 6) is 1.78. The Bertz CT molecular complexity index is 1500. The lowest BCUT2D eigenvalue weighted by molar-refractivity contribution is 0.103. The van der Waals surface area contributed by atoms with Gasteiger partial charge < -0.3 is 18.6 Å². The first-order valence-corrected chi connectivity index (χ1v) is 13.6. The van der Waals surface area contributed by atoms with E-state index in [2.05, 4.69) is 22.1 Å². The van der Waals surface area contributed by atoms with E-state index in [0.717, 1.165) is 51.0 Å². The Hall–Kier alpha value is -3.51. The number of ketones is 1. The van der Waals surface area contributed by atoms with E-state index in [1.165, 1.54) is 19.3 Å². The monoisotopic (exact) mass is 498 g/mol. The highest BCUT2D eigenvalue weighted by atomic mass is 32.1. The van der Waals surface area contributed by atoms with Crippen LogP contribution in [0.25, 0.3) is 21.1 Å². The molecule has 0 spiro atoms. The van der Waals surface area contributed by atoms with Gasteiger partial charge in [-0.05, 0) is 73.5 Å². The molecule has 2 aromatic carbocycles. The summed E-state index contributed by atoms with van der Waals surface area (Å²) in [4.78, 5) is 13.6. The van der Waals surface area contributed by atoms with Crippen molar-refractivity contribution in [2.24, 2.45) is 7.05 Å². The number of carbonyl (C=O) groups excluding carboxylic acids is 1. The van der Waals surface area contributed by atoms with E-state index in [0.29, 0.717) is 24.9 Å². The number of hydrogen-bond acceptors (Lipinski definition) is 4. The van der Waals surface area contributed by atoms with Gasteiger partial charge in [0.15, 0.2) is 0 Å². The molecule has 1 fully saturated rings. The van der Waals surface area contributed by atoms with Gasteiger partial charge in [0, 0.05) is 29.7 Å². The van der Waals surface area contributed by atoms with Gasteiger partial charge in [-0.25, -0.2) is 0 Å². The third-order valence-electron chi connectivity index (χ3n) is 7.21. The van der Waals surface area contributed by atoms with Gasteiger partial charge in [-0.2, -0.15) is 0 Å². The highest BCUT2D eigenvalue weighted by Crippen LogP contribution is 2.29. The summed E-state index contributed by atoms with van der Waals surface area (Å²) in [7, 11) is 1.96. The molecule has 0 N–H and O–H groups in total. The first-order valence-electron chi connectivity index (χ1n) is 12.7. The normalized spacial score (nSPS) is 14.5. The lowest BCUT2D eigenvalue weighted by Gasteiger charge is -2.23. The molecule has 184 valence electrons. The van der Waals surface area contributed by atoms with E-state index in [-0.39, 0.29) is 5.78 Å². The molecule has 0 radical (unpaired) electrons. The Labute approximate surface area is 214 Å². The number of rotatable bonds is 8. The molecule has 1 saturated carbocycles. The summed E-state index contributed by atoms with van der Waals surface area (Å²) in [5, 5.41) is 3.03. The van der Waals surface area contributed by atoms with E-state index >= 15 is 0 Å². The van der Waals surface area contributed by atoms with Crippen LogP contribution in [0.2, 0.25) is 0 Å². The molecule has 1 aliphatic carbocycles. The van der Waals surface area contributed by atoms with Crippen molar-refractivity contribution in [2.45, 2.75) is 44.8 Å². The standard InChI is InChI=1S/C30H30N2O3S/c1-31-27-15-18-36-29(27)19-28(31)30(33)25-20-32(26-10-6-5-9-24(25)26)16-17-34-21-11-13-23(14-12-21)35-22-7-3-2-4-8-22/h5-6,9-15,18-20,22H,2-4,7-8,16-17H2,1H3. The molecule has 5 aromatic rings. The average molecular weight is 499 g/mol. The van der Waals surface area contributed by atoms with Crippen LogP contribution in [-0.4, -0.2) is 27.6 Å². The smallest absolute Gasteiger partial charge is 0.211 e. The van der Waals surface area contributed by atoms with E-state index in [1.54, 1.807) is 11.3 Å². The quantitative estimate of drug-likeness (QED) is 0.212. The summed E-state index contributed by atoms with van der Waals surface area (Å²) >= 11 is 1.66. The summed E-state index contributed by atoms with van der Waals surface area (Å²) in [5.41, 5.74) is 3.57. The van der Waals surface area contributed by atoms with Crippen LogP contribution in [0.1, 0.15) is 48.2 Å². The predicted molar refractivity (Wildman–Crippen MR) is 146 cm³/mol. The van der Waals surface area contributed by atoms with Crippen LogP contribution in [-0.2, 0) is 13.6 Å². The van der Waals surface area contributed by atoms with Gasteiger partial charge in [0.05, 0.1) is 28.6 Å². The maximum Gasteiger partial charge on any atom is 0.211 e. The Morgan fingerprint density at radius 3 is 2.56 bits per heavy atom. The predicted octanol–water partition coefficient (Wildman–Crippen LogP) is 7.22. The van der Waals surface area contributed by atoms with Gasteiger partial charge in [-0.3, -0.25) is 4.79 Å². The number of carbonyl (C=O) groups is 1. The van der Waals surface area contributed by atoms with Crippen molar-refractivity contribution in [1.82, 2.24) is 9.13 Å². The van der Waals surface area contributed by atoms with Gasteiger partial charge in [-0.1, -0.05) is 24.6 Å². The first-order chi connectivity index (χ1) is 17.7. The zero-order chi connectivity index (χ0) is 24.5. The zero-order valence-electron chi connectivity index (χ0n) is 20.5. The van der Waals surface area contributed by atoms with Gasteiger partial charge in [0.2, 0.25) is 5.78 Å². The minimum Gasteiger partial charge on any atom is -0.492 e. The summed E-state index contributed by atoms with van der Waals surface area (Å²) in [6, 6.07) is 20.1. The van der Waals surface area contributed by atoms with Crippen molar-refractivity contribution in [1.29, 1.82) is 0 Å². The van der Waals surface area contributed by atoms with Gasteiger partial charge in [0.25, 0.3) is 0 Å². The maximum absolute atomic E-state index is 13.6. The number of aryl methyl sites for hydroxylation is 1. The Morgan fingerprint density at radius 1 is 0.972 bits per heavy atom. The minimum atomic E-state index is 0.0466. The molecule has 0 amide bonds. The highest BCUT2D eigenvalue weighted by Gasteiger charge is 2.21. The SMILES string of the molecule is Cn1c(C(=O)c2cn(CCOc3ccc(OC4CCCCC4)cc3)c3ccccc23)cc2sccc21. The topological polar surface area (TPSA) is 45.4 Å². The molecule has 3 aromatic heterocycles. The van der Waals surface area contributed by atoms with Crippen LogP contribution in [0.5, 0.6) is 11.5 Å². The minimum absolute atomic E-state index is 0.0466. The van der Waals surface area contributed by atoms with Gasteiger partial charge in [0.1, 0.15) is 18.1 Å². The summed E-state index contributed by atoms with van der Waals surface area (Å²) < 4.78 is 17.4. The van der Waals surface area contributed by atoms with Crippen LogP contribution in [0, 0.1) is 0 Å². The lowest BCUT2D eigenvalue weighted by atomic mass is 9.98. The molecular weight excluding hydrogens is 468 g/mol. The number of thiophene rings is 1. The van der Waals surface area contributed by atoms with E-state index < -0.39 is 0 Å². The molecule has 0 saturated heterocycles. The third-order valence-corrected chi connectivity index (χ3v) is 8.06. The Balaban J connectivity index is 1.15. The summed E-state index contributed by atoms with van der Waals surface area (Å²) in [6.45, 7) is 1.16. The summed E-state index contributed by atoms with van der Waals surface area (Å²) in [6.07, 6.45) is 8.46. The van der Waals surface area contributed by atoms with Gasteiger partial charge >= 0.3 is 0 Å². The molecule has 6 rings (SSSR count). The largest absolute Gasteiger partial charge is 0.492 e. The molecule has 5 nitrogen and oxygen atoms in total. The van der Waals surface area contributed by atoms with Crippen LogP contribution in [0.4, 0.5) is 0 Å². The number of para-hydroxylation sites is 1. The highest BCUT2D eigenvalue weighted by molar-refractivity contribution is 7.17. The molecule has 0 bridgehead atoms. The van der Waals surface area contributed by atoms with Crippen LogP contribution in [0.15, 0.2) is 72.2 Å². The van der Waals surface area contributed by atoms with Crippen molar-refractivity contribution in [3.05, 3.63) is 83.5 Å². The maximum atomic E-state index is 13.6. The molecule has 0 unspecified atom stereocenters. The molecule has 6 heteroatoms. The van der Waals surface area contributed by atoms with Crippen LogP contribution in [0.3, 0.4) is 0 Å². The molecule has 3 heterocycles. The molecule has 0 aliphatic heterocycles. The van der Waals surface area contributed by atoms with Crippen LogP contribution >= 0.6 is 11.3 Å². The van der Waals surface area contributed by atoms with Crippen molar-refractivity contribution in [3.63, 3.8) is 0 Å². The van der Waals surface area contributed by atoms with Crippen molar-refractivity contribution < 1.29 is 14.3 Å². The van der Waals surface area contributed by atoms with E-state index in [9.17, 15) is 4.79 Å². The Kier molecular flexibility index (Phi) is 6.28. The molecule has 1 aliphatic rings. The second-order valence-corrected chi connectivity index (χ2v) is 10.5. The first kappa shape index (κ1) is 22.9. The molecule has 36 heavy (non-hydrogen) atoms. The second-order valence-electron chi connectivity index (χ2n) is 9.54. The number of nitrogens with zero attached hydrogens (tertiary/aromatic N) is 2. The van der Waals surface area contributed by atoms with Crippen molar-refractivity contribution in [3.8, 4) is 11.5 Å². The number of fused-ring (bicyclic) bond motifs is 2. The number of hydrogen-bond donors (Lipinski definition) is 0. The van der Waals surface area contributed by atoms with E-state index in [4.69, 9.17) is 9.47 Å². The second kappa shape index (κ2) is 9.86. The fraction of sp³-hybridized carbons (Fsp3) is 0.300. The van der Waals surface area contributed by atoms with Gasteiger partial charge in [-0.15, -0.1) is 11.3 Å².